The molecule has 0 unspecified atom stereocenters. The molecule has 0 atom stereocenters. The number of nitrogens with two attached hydrogens (primary N) is 1. The molecule has 6 heteroatoms. The monoisotopic (exact) mass is 220 g/mol. The Morgan fingerprint density at radius 3 is 3.06 bits per heavy atom. The highest BCUT2D eigenvalue weighted by Crippen LogP contribution is 2.15. The maximum atomic E-state index is 11.5. The number of H-pyrrole nitrogens is 1. The van der Waals surface area contributed by atoms with Gasteiger partial charge in [0.2, 0.25) is 0 Å². The first kappa shape index (κ1) is 10.4. The maximum Gasteiger partial charge on any atom is 0.347 e. The molecule has 84 valence electrons. The largest absolute Gasteiger partial charge is 0.497 e. The van der Waals surface area contributed by atoms with Crippen LogP contribution in [0.2, 0.25) is 0 Å². The van der Waals surface area contributed by atoms with Gasteiger partial charge < -0.3 is 10.5 Å². The van der Waals surface area contributed by atoms with E-state index in [4.69, 9.17) is 10.5 Å². The van der Waals surface area contributed by atoms with E-state index >= 15 is 0 Å². The zero-order chi connectivity index (χ0) is 11.5. The highest BCUT2D eigenvalue weighted by Gasteiger charge is 2.08. The van der Waals surface area contributed by atoms with Gasteiger partial charge in [0.1, 0.15) is 5.75 Å². The molecule has 6 nitrogen and oxygen atoms in total. The molecule has 16 heavy (non-hydrogen) atoms. The van der Waals surface area contributed by atoms with Crippen molar-refractivity contribution in [2.75, 3.05) is 7.11 Å². The third kappa shape index (κ3) is 1.70. The van der Waals surface area contributed by atoms with Crippen molar-refractivity contribution >= 4 is 0 Å². The van der Waals surface area contributed by atoms with Gasteiger partial charge in [-0.2, -0.15) is 5.10 Å². The lowest BCUT2D eigenvalue weighted by molar-refractivity contribution is 0.414. The Balaban J connectivity index is 2.57. The minimum Gasteiger partial charge on any atom is -0.497 e. The van der Waals surface area contributed by atoms with E-state index in [1.165, 1.54) is 4.57 Å². The van der Waals surface area contributed by atoms with E-state index in [0.717, 1.165) is 0 Å². The first-order valence-corrected chi connectivity index (χ1v) is 4.77. The lowest BCUT2D eigenvalue weighted by Crippen LogP contribution is -2.18. The fraction of sp³-hybridized carbons (Fsp3) is 0.200. The fourth-order valence-corrected chi connectivity index (χ4v) is 1.48. The number of nitrogens with zero attached hydrogens (tertiary/aromatic N) is 2. The molecule has 0 saturated heterocycles. The Hall–Kier alpha value is -2.08. The molecule has 0 spiro atoms. The molecule has 1 aromatic heterocycles. The second-order valence-corrected chi connectivity index (χ2v) is 3.19. The van der Waals surface area contributed by atoms with Gasteiger partial charge in [0.25, 0.3) is 0 Å². The topological polar surface area (TPSA) is 85.9 Å². The van der Waals surface area contributed by atoms with Crippen LogP contribution in [0.25, 0.3) is 5.69 Å². The van der Waals surface area contributed by atoms with E-state index in [-0.39, 0.29) is 12.2 Å². The fourth-order valence-electron chi connectivity index (χ4n) is 1.48. The average Bonchev–Trinajstić information content (AvgIpc) is 2.70. The van der Waals surface area contributed by atoms with Gasteiger partial charge in [-0.1, -0.05) is 6.07 Å². The lowest BCUT2D eigenvalue weighted by Gasteiger charge is -2.05. The smallest absolute Gasteiger partial charge is 0.347 e. The average molecular weight is 220 g/mol. The molecule has 1 heterocycles. The summed E-state index contributed by atoms with van der Waals surface area (Å²) in [6.45, 7) is 0.190. The Morgan fingerprint density at radius 1 is 1.56 bits per heavy atom. The van der Waals surface area contributed by atoms with Gasteiger partial charge in [0.15, 0.2) is 5.82 Å². The van der Waals surface area contributed by atoms with Gasteiger partial charge >= 0.3 is 5.69 Å². The van der Waals surface area contributed by atoms with Crippen molar-refractivity contribution in [1.29, 1.82) is 0 Å². The molecule has 2 rings (SSSR count). The van der Waals surface area contributed by atoms with Crippen molar-refractivity contribution in [2.45, 2.75) is 6.54 Å². The van der Waals surface area contributed by atoms with Gasteiger partial charge in [-0.3, -0.25) is 0 Å². The molecule has 0 bridgehead atoms. The highest BCUT2D eigenvalue weighted by atomic mass is 16.5. The number of rotatable bonds is 3. The summed E-state index contributed by atoms with van der Waals surface area (Å²) in [5.41, 5.74) is 5.87. The summed E-state index contributed by atoms with van der Waals surface area (Å²) in [6, 6.07) is 7.14. The number of aromatic nitrogens is 3. The molecular weight excluding hydrogens is 208 g/mol. The molecule has 0 fully saturated rings. The number of methoxy groups -OCH3 is 1. The molecule has 0 aliphatic heterocycles. The van der Waals surface area contributed by atoms with Crippen molar-refractivity contribution in [3.8, 4) is 11.4 Å². The number of ether oxygens (including phenoxy) is 1. The second kappa shape index (κ2) is 4.19. The van der Waals surface area contributed by atoms with Crippen molar-refractivity contribution in [3.63, 3.8) is 0 Å². The summed E-state index contributed by atoms with van der Waals surface area (Å²) in [7, 11) is 1.57. The summed E-state index contributed by atoms with van der Waals surface area (Å²) < 4.78 is 6.51. The van der Waals surface area contributed by atoms with Gasteiger partial charge in [0.05, 0.1) is 19.3 Å². The Labute approximate surface area is 91.7 Å². The van der Waals surface area contributed by atoms with Crippen LogP contribution in [0.1, 0.15) is 5.82 Å². The molecule has 0 radical (unpaired) electrons. The van der Waals surface area contributed by atoms with Crippen LogP contribution in [-0.4, -0.2) is 21.9 Å². The molecule has 0 aliphatic carbocycles. The standard InChI is InChI=1S/C10H12N4O2/c1-16-8-4-2-3-7(5-8)14-9(6-11)12-13-10(14)15/h2-5H,6,11H2,1H3,(H,13,15). The van der Waals surface area contributed by atoms with Gasteiger partial charge in [-0.25, -0.2) is 14.5 Å². The normalized spacial score (nSPS) is 10.4. The first-order valence-electron chi connectivity index (χ1n) is 4.77. The zero-order valence-electron chi connectivity index (χ0n) is 8.80. The lowest BCUT2D eigenvalue weighted by atomic mass is 10.3. The van der Waals surface area contributed by atoms with E-state index in [9.17, 15) is 4.79 Å². The summed E-state index contributed by atoms with van der Waals surface area (Å²) in [5, 5.41) is 6.19. The number of benzene rings is 1. The van der Waals surface area contributed by atoms with E-state index in [1.807, 2.05) is 0 Å². The number of hydrogen-bond acceptors (Lipinski definition) is 4. The van der Waals surface area contributed by atoms with Crippen LogP contribution in [-0.2, 0) is 6.54 Å². The van der Waals surface area contributed by atoms with E-state index in [2.05, 4.69) is 10.2 Å². The quantitative estimate of drug-likeness (QED) is 0.764. The Morgan fingerprint density at radius 2 is 2.38 bits per heavy atom. The highest BCUT2D eigenvalue weighted by molar-refractivity contribution is 5.39. The number of hydrogen-bond donors (Lipinski definition) is 2. The minimum absolute atomic E-state index is 0.190. The first-order chi connectivity index (χ1) is 7.76. The predicted octanol–water partition coefficient (Wildman–Crippen LogP) is 0.0279. The van der Waals surface area contributed by atoms with Crippen molar-refractivity contribution in [1.82, 2.24) is 14.8 Å². The van der Waals surface area contributed by atoms with Crippen LogP contribution in [0.5, 0.6) is 5.75 Å². The molecule has 0 amide bonds. The van der Waals surface area contributed by atoms with Crippen LogP contribution in [0.4, 0.5) is 0 Å². The molecule has 0 saturated carbocycles. The van der Waals surface area contributed by atoms with E-state index < -0.39 is 0 Å². The zero-order valence-corrected chi connectivity index (χ0v) is 8.80. The van der Waals surface area contributed by atoms with Crippen molar-refractivity contribution in [3.05, 3.63) is 40.6 Å². The molecule has 2 aromatic rings. The minimum atomic E-state index is -0.311. The summed E-state index contributed by atoms with van der Waals surface area (Å²) >= 11 is 0. The van der Waals surface area contributed by atoms with Crippen molar-refractivity contribution < 1.29 is 4.74 Å². The third-order valence-electron chi connectivity index (χ3n) is 2.24. The van der Waals surface area contributed by atoms with Gasteiger partial charge in [-0.05, 0) is 12.1 Å². The van der Waals surface area contributed by atoms with E-state index in [0.29, 0.717) is 17.3 Å². The van der Waals surface area contributed by atoms with Gasteiger partial charge in [0, 0.05) is 6.07 Å². The Bertz CT molecular complexity index is 544. The van der Waals surface area contributed by atoms with Crippen molar-refractivity contribution in [2.24, 2.45) is 5.73 Å². The third-order valence-corrected chi connectivity index (χ3v) is 2.24. The summed E-state index contributed by atoms with van der Waals surface area (Å²) in [6.07, 6.45) is 0. The van der Waals surface area contributed by atoms with Crippen LogP contribution in [0.15, 0.2) is 29.1 Å². The number of nitrogens with one attached hydrogen (secondary N) is 1. The molecule has 0 aliphatic rings. The Kier molecular flexibility index (Phi) is 2.74. The van der Waals surface area contributed by atoms with Crippen LogP contribution >= 0.6 is 0 Å². The van der Waals surface area contributed by atoms with Crippen LogP contribution in [0.3, 0.4) is 0 Å². The maximum absolute atomic E-state index is 11.5. The summed E-state index contributed by atoms with van der Waals surface area (Å²) in [4.78, 5) is 11.5. The number of aromatic amines is 1. The van der Waals surface area contributed by atoms with Crippen LogP contribution < -0.4 is 16.2 Å². The molecule has 3 N–H and O–H groups in total. The predicted molar refractivity (Wildman–Crippen MR) is 58.6 cm³/mol. The second-order valence-electron chi connectivity index (χ2n) is 3.19. The molecule has 1 aromatic carbocycles. The summed E-state index contributed by atoms with van der Waals surface area (Å²) in [5.74, 6) is 1.16. The van der Waals surface area contributed by atoms with E-state index in [1.54, 1.807) is 31.4 Å². The molecular formula is C10H12N4O2. The van der Waals surface area contributed by atoms with Crippen LogP contribution in [0, 0.1) is 0 Å². The van der Waals surface area contributed by atoms with Gasteiger partial charge in [-0.15, -0.1) is 0 Å². The SMILES string of the molecule is COc1cccc(-n2c(CN)n[nH]c2=O)c1.